The van der Waals surface area contributed by atoms with Gasteiger partial charge in [0.05, 0.1) is 11.7 Å². The van der Waals surface area contributed by atoms with E-state index in [1.807, 2.05) is 30.3 Å². The Morgan fingerprint density at radius 1 is 0.964 bits per heavy atom. The van der Waals surface area contributed by atoms with E-state index >= 15 is 0 Å². The van der Waals surface area contributed by atoms with E-state index in [0.29, 0.717) is 5.56 Å². The Balaban J connectivity index is 1.70. The highest BCUT2D eigenvalue weighted by Crippen LogP contribution is 2.28. The molecule has 0 aliphatic rings. The van der Waals surface area contributed by atoms with Crippen molar-refractivity contribution in [2.75, 3.05) is 19.6 Å². The lowest BCUT2D eigenvalue weighted by Gasteiger charge is -2.14. The number of nitrogens with two attached hydrogens (primary N) is 2. The van der Waals surface area contributed by atoms with Crippen LogP contribution in [0.2, 0.25) is 0 Å². The average molecular weight is 384 g/mol. The van der Waals surface area contributed by atoms with E-state index in [-0.39, 0.29) is 18.5 Å². The van der Waals surface area contributed by atoms with Gasteiger partial charge in [0.15, 0.2) is 0 Å². The van der Waals surface area contributed by atoms with Crippen molar-refractivity contribution in [3.05, 3.63) is 77.6 Å². The number of benzene rings is 3. The summed E-state index contributed by atoms with van der Waals surface area (Å²) in [6.45, 7) is 5.41. The minimum atomic E-state index is -0.281. The first-order chi connectivity index (χ1) is 13.6. The number of ether oxygens (including phenoxy) is 1. The molecule has 0 fully saturated rings. The molecule has 0 aliphatic heterocycles. The summed E-state index contributed by atoms with van der Waals surface area (Å²) >= 11 is 0. The maximum atomic E-state index is 13.9. The molecule has 0 saturated carbocycles. The highest BCUT2D eigenvalue weighted by Gasteiger charge is 2.12. The number of aliphatic hydroxyl groups excluding tert-OH is 1. The van der Waals surface area contributed by atoms with Crippen molar-refractivity contribution in [1.29, 1.82) is 0 Å². The molecule has 5 N–H and O–H groups in total. The van der Waals surface area contributed by atoms with Gasteiger partial charge in [-0.05, 0) is 29.8 Å². The van der Waals surface area contributed by atoms with Gasteiger partial charge in [-0.15, -0.1) is 0 Å². The van der Waals surface area contributed by atoms with Crippen molar-refractivity contribution in [1.82, 2.24) is 0 Å². The standard InChI is InChI=1S/C23H27FN2O2/c1-17(27)14-25-12-13-26-15-21-20-8-4-2-6-18(20)10-11-23(21)28-16-19-7-3-5-9-22(19)24/h2-11,17,25-27H,12-16H2,1H3/p+2/t17-/m0/s1. The number of hydrogen-bond donors (Lipinski definition) is 3. The second-order valence-electron chi connectivity index (χ2n) is 7.09. The van der Waals surface area contributed by atoms with E-state index < -0.39 is 0 Å². The van der Waals surface area contributed by atoms with Gasteiger partial charge in [-0.1, -0.05) is 48.5 Å². The molecule has 4 nitrogen and oxygen atoms in total. The van der Waals surface area contributed by atoms with Crippen molar-refractivity contribution in [3.63, 3.8) is 0 Å². The minimum Gasteiger partial charge on any atom is -0.488 e. The Hall–Kier alpha value is -2.47. The van der Waals surface area contributed by atoms with E-state index in [0.717, 1.165) is 42.9 Å². The van der Waals surface area contributed by atoms with Crippen LogP contribution in [0.15, 0.2) is 60.7 Å². The van der Waals surface area contributed by atoms with Crippen LogP contribution in [0.25, 0.3) is 10.8 Å². The number of quaternary nitrogens is 2. The molecule has 0 unspecified atom stereocenters. The van der Waals surface area contributed by atoms with Gasteiger partial charge < -0.3 is 20.5 Å². The van der Waals surface area contributed by atoms with Crippen molar-refractivity contribution in [3.8, 4) is 5.75 Å². The van der Waals surface area contributed by atoms with Gasteiger partial charge in [-0.25, -0.2) is 4.39 Å². The second-order valence-corrected chi connectivity index (χ2v) is 7.09. The summed E-state index contributed by atoms with van der Waals surface area (Å²) in [5, 5.41) is 16.0. The molecule has 3 aromatic carbocycles. The SMILES string of the molecule is C[C@H](O)C[NH2+]CC[NH2+]Cc1c(OCc2ccccc2F)ccc2ccccc12. The lowest BCUT2D eigenvalue weighted by atomic mass is 10.0. The summed E-state index contributed by atoms with van der Waals surface area (Å²) in [6, 6.07) is 19.0. The van der Waals surface area contributed by atoms with E-state index in [2.05, 4.69) is 22.8 Å². The highest BCUT2D eigenvalue weighted by atomic mass is 19.1. The molecule has 148 valence electrons. The molecule has 0 heterocycles. The van der Waals surface area contributed by atoms with E-state index in [1.54, 1.807) is 19.1 Å². The lowest BCUT2D eigenvalue weighted by Crippen LogP contribution is -2.95. The lowest BCUT2D eigenvalue weighted by molar-refractivity contribution is -0.733. The number of hydrogen-bond acceptors (Lipinski definition) is 2. The maximum Gasteiger partial charge on any atom is 0.129 e. The van der Waals surface area contributed by atoms with Crippen LogP contribution in [0, 0.1) is 5.82 Å². The number of rotatable bonds is 10. The molecule has 3 aromatic rings. The molecule has 0 aromatic heterocycles. The Morgan fingerprint density at radius 3 is 2.54 bits per heavy atom. The van der Waals surface area contributed by atoms with Crippen LogP contribution in [0.1, 0.15) is 18.1 Å². The van der Waals surface area contributed by atoms with Gasteiger partial charge in [-0.2, -0.15) is 0 Å². The molecular formula is C23H29FN2O2+2. The average Bonchev–Trinajstić information content (AvgIpc) is 2.70. The molecule has 0 aliphatic carbocycles. The Kier molecular flexibility index (Phi) is 7.37. The number of fused-ring (bicyclic) bond motifs is 1. The predicted molar refractivity (Wildman–Crippen MR) is 109 cm³/mol. The highest BCUT2D eigenvalue weighted by molar-refractivity contribution is 5.87. The summed E-state index contributed by atoms with van der Waals surface area (Å²) in [6.07, 6.45) is -0.281. The zero-order chi connectivity index (χ0) is 19.8. The minimum absolute atomic E-state index is 0.209. The summed E-state index contributed by atoms with van der Waals surface area (Å²) in [5.41, 5.74) is 1.68. The molecule has 28 heavy (non-hydrogen) atoms. The second kappa shape index (κ2) is 10.2. The first kappa shape index (κ1) is 20.3. The van der Waals surface area contributed by atoms with Gasteiger partial charge in [-0.3, -0.25) is 0 Å². The van der Waals surface area contributed by atoms with Crippen LogP contribution in [0.5, 0.6) is 5.75 Å². The van der Waals surface area contributed by atoms with Gasteiger partial charge >= 0.3 is 0 Å². The smallest absolute Gasteiger partial charge is 0.129 e. The van der Waals surface area contributed by atoms with E-state index in [1.165, 1.54) is 11.5 Å². The molecule has 0 radical (unpaired) electrons. The van der Waals surface area contributed by atoms with Crippen LogP contribution >= 0.6 is 0 Å². The number of halogens is 1. The summed E-state index contributed by atoms with van der Waals surface area (Å²) in [7, 11) is 0. The van der Waals surface area contributed by atoms with Crippen molar-refractivity contribution >= 4 is 10.8 Å². The maximum absolute atomic E-state index is 13.9. The topological polar surface area (TPSA) is 62.7 Å². The third-order valence-corrected chi connectivity index (χ3v) is 4.77. The predicted octanol–water partition coefficient (Wildman–Crippen LogP) is 1.57. The van der Waals surface area contributed by atoms with Crippen molar-refractivity contribution < 1.29 is 24.9 Å². The van der Waals surface area contributed by atoms with Crippen LogP contribution in [-0.2, 0) is 13.2 Å². The molecular weight excluding hydrogens is 355 g/mol. The third kappa shape index (κ3) is 5.52. The monoisotopic (exact) mass is 384 g/mol. The molecule has 0 amide bonds. The Labute approximate surface area is 165 Å². The molecule has 0 saturated heterocycles. The first-order valence-corrected chi connectivity index (χ1v) is 9.83. The fourth-order valence-electron chi connectivity index (χ4n) is 3.27. The fourth-order valence-corrected chi connectivity index (χ4v) is 3.27. The summed E-state index contributed by atoms with van der Waals surface area (Å²) < 4.78 is 19.9. The van der Waals surface area contributed by atoms with Crippen molar-refractivity contribution in [2.24, 2.45) is 0 Å². The molecule has 0 bridgehead atoms. The first-order valence-electron chi connectivity index (χ1n) is 9.83. The molecule has 3 rings (SSSR count). The fraction of sp³-hybridized carbons (Fsp3) is 0.304. The van der Waals surface area contributed by atoms with Gasteiger partial charge in [0, 0.05) is 5.56 Å². The zero-order valence-corrected chi connectivity index (χ0v) is 16.3. The third-order valence-electron chi connectivity index (χ3n) is 4.77. The Bertz CT molecular complexity index is 899. The largest absolute Gasteiger partial charge is 0.488 e. The van der Waals surface area contributed by atoms with Gasteiger partial charge in [0.2, 0.25) is 0 Å². The summed E-state index contributed by atoms with van der Waals surface area (Å²) in [5.74, 6) is 0.552. The van der Waals surface area contributed by atoms with Crippen molar-refractivity contribution in [2.45, 2.75) is 26.2 Å². The van der Waals surface area contributed by atoms with Gasteiger partial charge in [0.1, 0.15) is 44.4 Å². The zero-order valence-electron chi connectivity index (χ0n) is 16.3. The van der Waals surface area contributed by atoms with E-state index in [4.69, 9.17) is 4.74 Å². The van der Waals surface area contributed by atoms with E-state index in [9.17, 15) is 9.50 Å². The Morgan fingerprint density at radius 2 is 1.71 bits per heavy atom. The van der Waals surface area contributed by atoms with Gasteiger partial charge in [0.25, 0.3) is 0 Å². The van der Waals surface area contributed by atoms with Crippen LogP contribution < -0.4 is 15.4 Å². The summed E-state index contributed by atoms with van der Waals surface area (Å²) in [4.78, 5) is 0. The quantitative estimate of drug-likeness (QED) is 0.465. The van der Waals surface area contributed by atoms with Crippen LogP contribution in [0.3, 0.4) is 0 Å². The molecule has 1 atom stereocenters. The number of aliphatic hydroxyl groups is 1. The normalized spacial score (nSPS) is 12.2. The van der Waals surface area contributed by atoms with Crippen LogP contribution in [0.4, 0.5) is 4.39 Å². The molecule has 0 spiro atoms. The van der Waals surface area contributed by atoms with Crippen LogP contribution in [-0.4, -0.2) is 30.8 Å². The molecule has 5 heteroatoms.